The van der Waals surface area contributed by atoms with Crippen LogP contribution in [0.1, 0.15) is 36.8 Å². The highest BCUT2D eigenvalue weighted by Crippen LogP contribution is 2.35. The highest BCUT2D eigenvalue weighted by molar-refractivity contribution is 5.86. The predicted octanol–water partition coefficient (Wildman–Crippen LogP) is 2.85. The van der Waals surface area contributed by atoms with E-state index >= 15 is 0 Å². The first-order valence-electron chi connectivity index (χ1n) is 6.22. The Morgan fingerprint density at radius 2 is 2.11 bits per heavy atom. The highest BCUT2D eigenvalue weighted by Gasteiger charge is 2.24. The minimum absolute atomic E-state index is 0.0500. The summed E-state index contributed by atoms with van der Waals surface area (Å²) in [5.74, 6) is 0.399. The molecule has 0 radical (unpaired) electrons. The lowest BCUT2D eigenvalue weighted by Crippen LogP contribution is -2.12. The number of hydrogen-bond donors (Lipinski definition) is 0. The third kappa shape index (κ3) is 1.96. The Morgan fingerprint density at radius 3 is 2.83 bits per heavy atom. The molecule has 2 aliphatic rings. The molecule has 0 saturated heterocycles. The third-order valence-electron chi connectivity index (χ3n) is 3.51. The summed E-state index contributed by atoms with van der Waals surface area (Å²) in [5.41, 5.74) is 1.89. The fourth-order valence-electron chi connectivity index (χ4n) is 2.55. The number of rotatable bonds is 3. The fourth-order valence-corrected chi connectivity index (χ4v) is 2.55. The molecule has 1 aromatic rings. The van der Waals surface area contributed by atoms with E-state index in [4.69, 9.17) is 4.74 Å². The number of benzene rings is 1. The average molecular weight is 246 g/mol. The molecule has 0 unspecified atom stereocenters. The first-order chi connectivity index (χ1) is 8.74. The van der Waals surface area contributed by atoms with Gasteiger partial charge in [-0.3, -0.25) is 15.1 Å². The second-order valence-electron chi connectivity index (χ2n) is 4.77. The molecule has 1 aliphatic heterocycles. The molecule has 1 fully saturated rings. The molecule has 1 aliphatic carbocycles. The van der Waals surface area contributed by atoms with E-state index in [0.717, 1.165) is 36.8 Å². The van der Waals surface area contributed by atoms with Gasteiger partial charge in [0.15, 0.2) is 5.75 Å². The van der Waals surface area contributed by atoms with Gasteiger partial charge in [-0.25, -0.2) is 0 Å². The van der Waals surface area contributed by atoms with Gasteiger partial charge in [0.05, 0.1) is 17.6 Å². The number of nitrogens with zero attached hydrogens (tertiary/aromatic N) is 2. The average Bonchev–Trinajstić information content (AvgIpc) is 2.97. The third-order valence-corrected chi connectivity index (χ3v) is 3.51. The first kappa shape index (κ1) is 11.2. The summed E-state index contributed by atoms with van der Waals surface area (Å²) >= 11 is 0. The Labute approximate surface area is 105 Å². The SMILES string of the molecule is O=[N+]([O-])c1cc2c(cc1OC1CCCC1)CN=C2. The molecule has 3 rings (SSSR count). The Kier molecular flexibility index (Phi) is 2.74. The second kappa shape index (κ2) is 4.40. The van der Waals surface area contributed by atoms with Crippen molar-refractivity contribution in [2.45, 2.75) is 38.3 Å². The van der Waals surface area contributed by atoms with Gasteiger partial charge in [0.25, 0.3) is 0 Å². The van der Waals surface area contributed by atoms with Crippen molar-refractivity contribution in [1.29, 1.82) is 0 Å². The van der Waals surface area contributed by atoms with Crippen LogP contribution in [0.25, 0.3) is 0 Å². The van der Waals surface area contributed by atoms with Crippen molar-refractivity contribution in [3.8, 4) is 5.75 Å². The summed E-state index contributed by atoms with van der Waals surface area (Å²) < 4.78 is 5.80. The van der Waals surface area contributed by atoms with Crippen LogP contribution in [0.4, 0.5) is 5.69 Å². The lowest BCUT2D eigenvalue weighted by molar-refractivity contribution is -0.386. The van der Waals surface area contributed by atoms with Gasteiger partial charge in [-0.05, 0) is 37.3 Å². The molecule has 0 spiro atoms. The van der Waals surface area contributed by atoms with E-state index in [1.807, 2.05) is 0 Å². The van der Waals surface area contributed by atoms with Gasteiger partial charge in [-0.2, -0.15) is 0 Å². The van der Waals surface area contributed by atoms with Crippen LogP contribution in [0.5, 0.6) is 5.75 Å². The van der Waals surface area contributed by atoms with Gasteiger partial charge >= 0.3 is 5.69 Å². The molecule has 18 heavy (non-hydrogen) atoms. The van der Waals surface area contributed by atoms with Crippen LogP contribution in [0.2, 0.25) is 0 Å². The highest BCUT2D eigenvalue weighted by atomic mass is 16.6. The van der Waals surface area contributed by atoms with Gasteiger partial charge in [0.2, 0.25) is 0 Å². The summed E-state index contributed by atoms with van der Waals surface area (Å²) in [5, 5.41) is 11.1. The molecule has 0 aromatic heterocycles. The zero-order valence-corrected chi connectivity index (χ0v) is 9.96. The van der Waals surface area contributed by atoms with E-state index in [9.17, 15) is 10.1 Å². The van der Waals surface area contributed by atoms with E-state index in [1.54, 1.807) is 18.3 Å². The van der Waals surface area contributed by atoms with Crippen molar-refractivity contribution in [3.63, 3.8) is 0 Å². The molecule has 0 bridgehead atoms. The molecule has 5 nitrogen and oxygen atoms in total. The fraction of sp³-hybridized carbons (Fsp3) is 0.462. The van der Waals surface area contributed by atoms with Crippen molar-refractivity contribution in [3.05, 3.63) is 33.4 Å². The molecule has 1 heterocycles. The van der Waals surface area contributed by atoms with Crippen molar-refractivity contribution >= 4 is 11.9 Å². The van der Waals surface area contributed by atoms with Gasteiger partial charge in [0.1, 0.15) is 0 Å². The van der Waals surface area contributed by atoms with Crippen molar-refractivity contribution in [2.24, 2.45) is 4.99 Å². The Hall–Kier alpha value is -1.91. The maximum Gasteiger partial charge on any atom is 0.311 e. The summed E-state index contributed by atoms with van der Waals surface area (Å²) in [7, 11) is 0. The molecule has 0 atom stereocenters. The van der Waals surface area contributed by atoms with Gasteiger partial charge in [-0.15, -0.1) is 0 Å². The van der Waals surface area contributed by atoms with Gasteiger partial charge in [-0.1, -0.05) is 0 Å². The molecule has 5 heteroatoms. The second-order valence-corrected chi connectivity index (χ2v) is 4.77. The number of fused-ring (bicyclic) bond motifs is 1. The first-order valence-corrected chi connectivity index (χ1v) is 6.22. The van der Waals surface area contributed by atoms with Crippen LogP contribution in [-0.2, 0) is 6.54 Å². The smallest absolute Gasteiger partial charge is 0.311 e. The number of nitro groups is 1. The standard InChI is InChI=1S/C13H14N2O3/c16-15(17)12-5-9-7-14-8-10(9)6-13(12)18-11-3-1-2-4-11/h5-7,11H,1-4,8H2. The Morgan fingerprint density at radius 1 is 1.33 bits per heavy atom. The molecule has 0 amide bonds. The minimum Gasteiger partial charge on any atom is -0.483 e. The number of ether oxygens (including phenoxy) is 1. The lowest BCUT2D eigenvalue weighted by Gasteiger charge is -2.14. The summed E-state index contributed by atoms with van der Waals surface area (Å²) in [4.78, 5) is 14.8. The predicted molar refractivity (Wildman–Crippen MR) is 67.3 cm³/mol. The van der Waals surface area contributed by atoms with Gasteiger partial charge < -0.3 is 4.74 Å². The summed E-state index contributed by atoms with van der Waals surface area (Å²) in [6.07, 6.45) is 6.08. The summed E-state index contributed by atoms with van der Waals surface area (Å²) in [6, 6.07) is 3.34. The topological polar surface area (TPSA) is 64.7 Å². The number of hydrogen-bond acceptors (Lipinski definition) is 4. The molecule has 0 N–H and O–H groups in total. The van der Waals surface area contributed by atoms with E-state index in [-0.39, 0.29) is 16.7 Å². The van der Waals surface area contributed by atoms with Crippen LogP contribution in [-0.4, -0.2) is 17.2 Å². The van der Waals surface area contributed by atoms with E-state index < -0.39 is 0 Å². The monoisotopic (exact) mass is 246 g/mol. The molecular weight excluding hydrogens is 232 g/mol. The zero-order chi connectivity index (χ0) is 12.5. The van der Waals surface area contributed by atoms with Crippen LogP contribution in [0, 0.1) is 10.1 Å². The van der Waals surface area contributed by atoms with Crippen LogP contribution >= 0.6 is 0 Å². The lowest BCUT2D eigenvalue weighted by atomic mass is 10.1. The molecular formula is C13H14N2O3. The molecule has 1 aromatic carbocycles. The van der Waals surface area contributed by atoms with Gasteiger partial charge in [0, 0.05) is 17.8 Å². The van der Waals surface area contributed by atoms with E-state index in [0.29, 0.717) is 12.3 Å². The summed E-state index contributed by atoms with van der Waals surface area (Å²) in [6.45, 7) is 0.592. The Bertz CT molecular complexity index is 519. The minimum atomic E-state index is -0.378. The maximum absolute atomic E-state index is 11.1. The van der Waals surface area contributed by atoms with Crippen molar-refractivity contribution < 1.29 is 9.66 Å². The van der Waals surface area contributed by atoms with Crippen LogP contribution in [0.3, 0.4) is 0 Å². The quantitative estimate of drug-likeness (QED) is 0.608. The molecule has 1 saturated carbocycles. The normalized spacial score (nSPS) is 18.0. The van der Waals surface area contributed by atoms with Crippen molar-refractivity contribution in [1.82, 2.24) is 0 Å². The van der Waals surface area contributed by atoms with Crippen LogP contribution in [0.15, 0.2) is 17.1 Å². The van der Waals surface area contributed by atoms with E-state index in [2.05, 4.69) is 4.99 Å². The van der Waals surface area contributed by atoms with E-state index in [1.165, 1.54) is 0 Å². The zero-order valence-electron chi connectivity index (χ0n) is 9.96. The van der Waals surface area contributed by atoms with Crippen molar-refractivity contribution in [2.75, 3.05) is 0 Å². The van der Waals surface area contributed by atoms with Crippen LogP contribution < -0.4 is 4.74 Å². The molecule has 94 valence electrons. The number of aliphatic imine (C=N–C) groups is 1. The largest absolute Gasteiger partial charge is 0.483 e. The maximum atomic E-state index is 11.1. The number of nitro benzene ring substituents is 1. The Balaban J connectivity index is 1.94.